The first-order valence-corrected chi connectivity index (χ1v) is 8.82. The summed E-state index contributed by atoms with van der Waals surface area (Å²) in [4.78, 5) is 19.4. The van der Waals surface area contributed by atoms with Gasteiger partial charge in [0, 0.05) is 24.5 Å². The second kappa shape index (κ2) is 6.25. The fourth-order valence-electron chi connectivity index (χ4n) is 4.18. The van der Waals surface area contributed by atoms with Gasteiger partial charge in [-0.15, -0.1) is 0 Å². The molecule has 3 aliphatic rings. The van der Waals surface area contributed by atoms with Crippen molar-refractivity contribution < 1.29 is 4.79 Å². The van der Waals surface area contributed by atoms with Gasteiger partial charge in [0.1, 0.15) is 0 Å². The Kier molecular flexibility index (Phi) is 4.55. The van der Waals surface area contributed by atoms with Crippen molar-refractivity contribution in [3.05, 3.63) is 0 Å². The van der Waals surface area contributed by atoms with Crippen LogP contribution < -0.4 is 0 Å². The summed E-state index contributed by atoms with van der Waals surface area (Å²) in [6.45, 7) is 11.9. The zero-order valence-corrected chi connectivity index (χ0v) is 13.8. The molecule has 3 saturated heterocycles. The standard InChI is InChI=1S/C17H31N3O/c1-15(2)19-10-6-17(7-11-19)13-20(14-17)16(21)12-18-8-4-3-5-9-18/h15H,3-14H2,1-2H3. The first kappa shape index (κ1) is 15.3. The molecule has 3 rings (SSSR count). The molecule has 3 heterocycles. The number of amides is 1. The first-order chi connectivity index (χ1) is 10.1. The molecule has 0 unspecified atom stereocenters. The second-order valence-electron chi connectivity index (χ2n) is 7.72. The number of hydrogen-bond acceptors (Lipinski definition) is 3. The molecule has 1 amide bonds. The maximum Gasteiger partial charge on any atom is 0.236 e. The molecular formula is C17H31N3O. The summed E-state index contributed by atoms with van der Waals surface area (Å²) < 4.78 is 0. The zero-order chi connectivity index (χ0) is 14.9. The molecular weight excluding hydrogens is 262 g/mol. The van der Waals surface area contributed by atoms with E-state index in [9.17, 15) is 4.79 Å². The highest BCUT2D eigenvalue weighted by atomic mass is 16.2. The van der Waals surface area contributed by atoms with Gasteiger partial charge < -0.3 is 9.80 Å². The van der Waals surface area contributed by atoms with E-state index in [0.29, 0.717) is 23.9 Å². The lowest BCUT2D eigenvalue weighted by Gasteiger charge is -2.54. The Morgan fingerprint density at radius 1 is 1.00 bits per heavy atom. The summed E-state index contributed by atoms with van der Waals surface area (Å²) in [5, 5.41) is 0. The van der Waals surface area contributed by atoms with Crippen LogP contribution in [-0.4, -0.2) is 72.5 Å². The number of nitrogens with zero attached hydrogens (tertiary/aromatic N) is 3. The predicted molar refractivity (Wildman–Crippen MR) is 85.2 cm³/mol. The van der Waals surface area contributed by atoms with Crippen LogP contribution in [0.2, 0.25) is 0 Å². The maximum absolute atomic E-state index is 12.4. The lowest BCUT2D eigenvalue weighted by atomic mass is 9.71. The minimum atomic E-state index is 0.369. The van der Waals surface area contributed by atoms with E-state index in [1.165, 1.54) is 45.2 Å². The van der Waals surface area contributed by atoms with Crippen LogP contribution in [0.1, 0.15) is 46.0 Å². The topological polar surface area (TPSA) is 26.8 Å². The average Bonchev–Trinajstić information content (AvgIpc) is 2.45. The van der Waals surface area contributed by atoms with Crippen molar-refractivity contribution in [3.8, 4) is 0 Å². The molecule has 0 aromatic rings. The third kappa shape index (κ3) is 3.42. The van der Waals surface area contributed by atoms with Gasteiger partial charge in [-0.05, 0) is 65.7 Å². The second-order valence-corrected chi connectivity index (χ2v) is 7.72. The Labute approximate surface area is 129 Å². The predicted octanol–water partition coefficient (Wildman–Crippen LogP) is 1.81. The summed E-state index contributed by atoms with van der Waals surface area (Å²) in [5.74, 6) is 0.369. The quantitative estimate of drug-likeness (QED) is 0.794. The van der Waals surface area contributed by atoms with Crippen LogP contribution in [-0.2, 0) is 4.79 Å². The lowest BCUT2D eigenvalue weighted by Crippen LogP contribution is -2.63. The summed E-state index contributed by atoms with van der Waals surface area (Å²) in [6, 6.07) is 0.666. The highest BCUT2D eigenvalue weighted by molar-refractivity contribution is 5.79. The number of piperidine rings is 2. The molecule has 0 aliphatic carbocycles. The van der Waals surface area contributed by atoms with E-state index < -0.39 is 0 Å². The smallest absolute Gasteiger partial charge is 0.236 e. The molecule has 4 heteroatoms. The van der Waals surface area contributed by atoms with Gasteiger partial charge in [0.15, 0.2) is 0 Å². The van der Waals surface area contributed by atoms with Crippen LogP contribution in [0.4, 0.5) is 0 Å². The Hall–Kier alpha value is -0.610. The molecule has 21 heavy (non-hydrogen) atoms. The van der Waals surface area contributed by atoms with Crippen molar-refractivity contribution in [2.24, 2.45) is 5.41 Å². The third-order valence-corrected chi connectivity index (χ3v) is 5.80. The van der Waals surface area contributed by atoms with E-state index in [1.807, 2.05) is 0 Å². The maximum atomic E-state index is 12.4. The molecule has 3 aliphatic heterocycles. The molecule has 120 valence electrons. The van der Waals surface area contributed by atoms with Gasteiger partial charge in [-0.1, -0.05) is 6.42 Å². The number of hydrogen-bond donors (Lipinski definition) is 0. The van der Waals surface area contributed by atoms with Gasteiger partial charge in [-0.3, -0.25) is 9.69 Å². The van der Waals surface area contributed by atoms with Crippen molar-refractivity contribution in [2.75, 3.05) is 45.8 Å². The van der Waals surface area contributed by atoms with Crippen LogP contribution in [0.15, 0.2) is 0 Å². The molecule has 3 fully saturated rings. The van der Waals surface area contributed by atoms with Crippen LogP contribution >= 0.6 is 0 Å². The zero-order valence-electron chi connectivity index (χ0n) is 13.8. The van der Waals surface area contributed by atoms with Crippen LogP contribution in [0.3, 0.4) is 0 Å². The van der Waals surface area contributed by atoms with Gasteiger partial charge in [0.05, 0.1) is 6.54 Å². The molecule has 4 nitrogen and oxygen atoms in total. The van der Waals surface area contributed by atoms with E-state index in [2.05, 4.69) is 28.5 Å². The van der Waals surface area contributed by atoms with Gasteiger partial charge in [-0.25, -0.2) is 0 Å². The molecule has 0 aromatic carbocycles. The Bertz CT molecular complexity index is 360. The summed E-state index contributed by atoms with van der Waals surface area (Å²) in [6.07, 6.45) is 6.42. The Balaban J connectivity index is 1.42. The van der Waals surface area contributed by atoms with Crippen molar-refractivity contribution in [2.45, 2.75) is 52.0 Å². The summed E-state index contributed by atoms with van der Waals surface area (Å²) >= 11 is 0. The number of rotatable bonds is 3. The average molecular weight is 293 g/mol. The van der Waals surface area contributed by atoms with Gasteiger partial charge in [0.25, 0.3) is 0 Å². The van der Waals surface area contributed by atoms with Crippen LogP contribution in [0, 0.1) is 5.41 Å². The lowest BCUT2D eigenvalue weighted by molar-refractivity contribution is -0.148. The molecule has 0 aromatic heterocycles. The first-order valence-electron chi connectivity index (χ1n) is 8.82. The normalized spacial score (nSPS) is 27.1. The number of carbonyl (C=O) groups excluding carboxylic acids is 1. The summed E-state index contributed by atoms with van der Waals surface area (Å²) in [7, 11) is 0. The van der Waals surface area contributed by atoms with E-state index in [-0.39, 0.29) is 0 Å². The molecule has 0 radical (unpaired) electrons. The van der Waals surface area contributed by atoms with Gasteiger partial charge in [0.2, 0.25) is 5.91 Å². The van der Waals surface area contributed by atoms with Crippen LogP contribution in [0.25, 0.3) is 0 Å². The Morgan fingerprint density at radius 3 is 2.19 bits per heavy atom. The minimum absolute atomic E-state index is 0.369. The van der Waals surface area contributed by atoms with Crippen molar-refractivity contribution in [3.63, 3.8) is 0 Å². The largest absolute Gasteiger partial charge is 0.340 e. The van der Waals surface area contributed by atoms with Crippen molar-refractivity contribution in [1.82, 2.24) is 14.7 Å². The highest BCUT2D eigenvalue weighted by Gasteiger charge is 2.46. The fourth-order valence-corrected chi connectivity index (χ4v) is 4.18. The van der Waals surface area contributed by atoms with Gasteiger partial charge in [-0.2, -0.15) is 0 Å². The molecule has 0 saturated carbocycles. The van der Waals surface area contributed by atoms with Gasteiger partial charge >= 0.3 is 0 Å². The van der Waals surface area contributed by atoms with E-state index in [4.69, 9.17) is 0 Å². The molecule has 0 atom stereocenters. The van der Waals surface area contributed by atoms with Crippen molar-refractivity contribution in [1.29, 1.82) is 0 Å². The van der Waals surface area contributed by atoms with Crippen molar-refractivity contribution >= 4 is 5.91 Å². The minimum Gasteiger partial charge on any atom is -0.340 e. The van der Waals surface area contributed by atoms with E-state index in [1.54, 1.807) is 0 Å². The molecule has 0 N–H and O–H groups in total. The number of likely N-dealkylation sites (tertiary alicyclic amines) is 3. The number of carbonyl (C=O) groups is 1. The third-order valence-electron chi connectivity index (χ3n) is 5.80. The van der Waals surface area contributed by atoms with E-state index >= 15 is 0 Å². The molecule has 1 spiro atoms. The Morgan fingerprint density at radius 2 is 1.62 bits per heavy atom. The van der Waals surface area contributed by atoms with Crippen LogP contribution in [0.5, 0.6) is 0 Å². The summed E-state index contributed by atoms with van der Waals surface area (Å²) in [5.41, 5.74) is 0.461. The highest BCUT2D eigenvalue weighted by Crippen LogP contribution is 2.40. The fraction of sp³-hybridized carbons (Fsp3) is 0.941. The SMILES string of the molecule is CC(C)N1CCC2(CC1)CN(C(=O)CN1CCCCC1)C2. The molecule has 0 bridgehead atoms. The monoisotopic (exact) mass is 293 g/mol. The van der Waals surface area contributed by atoms with E-state index in [0.717, 1.165) is 26.2 Å².